The highest BCUT2D eigenvalue weighted by molar-refractivity contribution is 7.80. The van der Waals surface area contributed by atoms with Crippen LogP contribution in [0.25, 0.3) is 0 Å². The van der Waals surface area contributed by atoms with Gasteiger partial charge < -0.3 is 24.3 Å². The second-order valence-corrected chi connectivity index (χ2v) is 7.37. The minimum Gasteiger partial charge on any atom is -0.492 e. The first kappa shape index (κ1) is 23.2. The van der Waals surface area contributed by atoms with Crippen molar-refractivity contribution in [3.8, 4) is 11.5 Å². The van der Waals surface area contributed by atoms with E-state index < -0.39 is 24.8 Å². The lowest BCUT2D eigenvalue weighted by atomic mass is 9.98. The van der Waals surface area contributed by atoms with Crippen LogP contribution >= 0.6 is 23.8 Å². The van der Waals surface area contributed by atoms with Crippen LogP contribution in [0.2, 0.25) is 5.02 Å². The maximum atomic E-state index is 12.9. The van der Waals surface area contributed by atoms with Gasteiger partial charge >= 0.3 is 12.6 Å². The molecule has 3 rings (SSSR count). The van der Waals surface area contributed by atoms with Crippen molar-refractivity contribution in [3.05, 3.63) is 52.5 Å². The lowest BCUT2D eigenvalue weighted by molar-refractivity contribution is -0.145. The number of carbonyl (C=O) groups is 1. The largest absolute Gasteiger partial charge is 0.492 e. The fourth-order valence-electron chi connectivity index (χ4n) is 3.28. The third-order valence-electron chi connectivity index (χ3n) is 4.52. The summed E-state index contributed by atoms with van der Waals surface area (Å²) in [7, 11) is 1.34. The van der Waals surface area contributed by atoms with Crippen LogP contribution in [0.1, 0.15) is 30.6 Å². The summed E-state index contributed by atoms with van der Waals surface area (Å²) >= 11 is 11.6. The van der Waals surface area contributed by atoms with E-state index in [2.05, 4.69) is 10.1 Å². The summed E-state index contributed by atoms with van der Waals surface area (Å²) in [6.45, 7) is -1.12. The Morgan fingerprint density at radius 3 is 2.74 bits per heavy atom. The van der Waals surface area contributed by atoms with Crippen LogP contribution in [0.3, 0.4) is 0 Å². The zero-order valence-corrected chi connectivity index (χ0v) is 18.3. The first-order valence-corrected chi connectivity index (χ1v) is 10.2. The molecule has 0 spiro atoms. The molecule has 2 unspecified atom stereocenters. The zero-order chi connectivity index (χ0) is 22.5. The molecule has 166 valence electrons. The maximum Gasteiger partial charge on any atom is 0.387 e. The summed E-state index contributed by atoms with van der Waals surface area (Å²) in [6, 6.07) is 9.63. The van der Waals surface area contributed by atoms with Crippen molar-refractivity contribution in [2.24, 2.45) is 0 Å². The van der Waals surface area contributed by atoms with Crippen molar-refractivity contribution in [3.63, 3.8) is 0 Å². The van der Waals surface area contributed by atoms with Gasteiger partial charge in [0.1, 0.15) is 17.2 Å². The molecule has 2 atom stereocenters. The standard InChI is InChI=1S/C21H20ClF2NO5S/c1-3-28-17(26)10-16-20(31)25-14-8-7-11(22)9-13(14)18(29-16)12-5-4-6-15(19(12)27-2)30-21(23)24/h4-9,16,18,21H,3,10H2,1-2H3,(H,25,31). The smallest absolute Gasteiger partial charge is 0.387 e. The van der Waals surface area contributed by atoms with E-state index in [1.165, 1.54) is 13.2 Å². The van der Waals surface area contributed by atoms with Gasteiger partial charge in [0.2, 0.25) is 0 Å². The lowest BCUT2D eigenvalue weighted by Gasteiger charge is -2.24. The highest BCUT2D eigenvalue weighted by atomic mass is 35.5. The monoisotopic (exact) mass is 471 g/mol. The zero-order valence-electron chi connectivity index (χ0n) is 16.7. The van der Waals surface area contributed by atoms with E-state index in [1.54, 1.807) is 37.3 Å². The molecule has 1 aliphatic rings. The number of ether oxygens (including phenoxy) is 4. The summed E-state index contributed by atoms with van der Waals surface area (Å²) in [6.07, 6.45) is -1.82. The van der Waals surface area contributed by atoms with Crippen molar-refractivity contribution < 1.29 is 32.5 Å². The molecule has 0 aromatic heterocycles. The first-order valence-electron chi connectivity index (χ1n) is 9.37. The number of para-hydroxylation sites is 1. The van der Waals surface area contributed by atoms with Gasteiger partial charge in [0.15, 0.2) is 11.5 Å². The van der Waals surface area contributed by atoms with Gasteiger partial charge in [0.05, 0.1) is 20.1 Å². The molecule has 31 heavy (non-hydrogen) atoms. The Balaban J connectivity index is 2.10. The molecule has 0 fully saturated rings. The van der Waals surface area contributed by atoms with Crippen molar-refractivity contribution >= 4 is 40.5 Å². The fourth-order valence-corrected chi connectivity index (χ4v) is 3.71. The van der Waals surface area contributed by atoms with Crippen LogP contribution in [0.4, 0.5) is 14.5 Å². The maximum absolute atomic E-state index is 12.9. The van der Waals surface area contributed by atoms with Gasteiger partial charge in [0.25, 0.3) is 0 Å². The molecule has 6 nitrogen and oxygen atoms in total. The molecule has 10 heteroatoms. The van der Waals surface area contributed by atoms with Crippen LogP contribution in [0.15, 0.2) is 36.4 Å². The molecule has 1 N–H and O–H groups in total. The number of thiocarbonyl (C=S) groups is 1. The lowest BCUT2D eigenvalue weighted by Crippen LogP contribution is -2.31. The SMILES string of the molecule is CCOC(=O)CC1OC(c2cccc(OC(F)F)c2OC)c2cc(Cl)ccc2NC1=S. The van der Waals surface area contributed by atoms with Crippen molar-refractivity contribution in [2.45, 2.75) is 32.2 Å². The number of anilines is 1. The third kappa shape index (κ3) is 5.41. The van der Waals surface area contributed by atoms with Gasteiger partial charge in [-0.15, -0.1) is 0 Å². The number of carbonyl (C=O) groups excluding carboxylic acids is 1. The van der Waals surface area contributed by atoms with E-state index in [4.69, 9.17) is 38.0 Å². The highest BCUT2D eigenvalue weighted by Crippen LogP contribution is 2.44. The number of hydrogen-bond donors (Lipinski definition) is 1. The molecule has 2 aromatic rings. The number of benzene rings is 2. The number of fused-ring (bicyclic) bond motifs is 1. The molecule has 0 saturated carbocycles. The Labute approximate surface area is 188 Å². The minimum absolute atomic E-state index is 0.0708. The van der Waals surface area contributed by atoms with Crippen molar-refractivity contribution in [1.29, 1.82) is 0 Å². The predicted molar refractivity (Wildman–Crippen MR) is 115 cm³/mol. The molecular formula is C21H20ClF2NO5S. The molecule has 1 aliphatic heterocycles. The predicted octanol–water partition coefficient (Wildman–Crippen LogP) is 5.13. The summed E-state index contributed by atoms with van der Waals surface area (Å²) in [5.41, 5.74) is 1.60. The van der Waals surface area contributed by atoms with Crippen LogP contribution in [-0.4, -0.2) is 37.4 Å². The van der Waals surface area contributed by atoms with Gasteiger partial charge in [-0.2, -0.15) is 8.78 Å². The summed E-state index contributed by atoms with van der Waals surface area (Å²) in [5, 5.41) is 3.51. The number of methoxy groups -OCH3 is 1. The number of alkyl halides is 2. The van der Waals surface area contributed by atoms with Crippen LogP contribution < -0.4 is 14.8 Å². The Morgan fingerprint density at radius 1 is 1.29 bits per heavy atom. The average Bonchev–Trinajstić information content (AvgIpc) is 2.84. The van der Waals surface area contributed by atoms with Crippen LogP contribution in [0, 0.1) is 0 Å². The highest BCUT2D eigenvalue weighted by Gasteiger charge is 2.34. The Morgan fingerprint density at radius 2 is 2.06 bits per heavy atom. The number of hydrogen-bond acceptors (Lipinski definition) is 6. The molecule has 0 amide bonds. The fraction of sp³-hybridized carbons (Fsp3) is 0.333. The summed E-state index contributed by atoms with van der Waals surface area (Å²) < 4.78 is 47.0. The van der Waals surface area contributed by atoms with E-state index in [0.29, 0.717) is 21.8 Å². The minimum atomic E-state index is -3.04. The summed E-state index contributed by atoms with van der Waals surface area (Å²) in [5.74, 6) is -0.563. The number of halogens is 3. The van der Waals surface area contributed by atoms with E-state index in [1.807, 2.05) is 0 Å². The number of nitrogens with one attached hydrogen (secondary N) is 1. The van der Waals surface area contributed by atoms with Crippen molar-refractivity contribution in [1.82, 2.24) is 0 Å². The van der Waals surface area contributed by atoms with E-state index >= 15 is 0 Å². The van der Waals surface area contributed by atoms with E-state index in [9.17, 15) is 13.6 Å². The number of rotatable bonds is 7. The molecule has 0 radical (unpaired) electrons. The molecule has 0 bridgehead atoms. The van der Waals surface area contributed by atoms with Gasteiger partial charge in [0, 0.05) is 21.8 Å². The topological polar surface area (TPSA) is 66.0 Å². The molecule has 0 saturated heterocycles. The second-order valence-electron chi connectivity index (χ2n) is 6.49. The van der Waals surface area contributed by atoms with Crippen molar-refractivity contribution in [2.75, 3.05) is 19.0 Å². The van der Waals surface area contributed by atoms with Gasteiger partial charge in [-0.25, -0.2) is 0 Å². The van der Waals surface area contributed by atoms with Gasteiger partial charge in [-0.05, 0) is 31.2 Å². The quantitative estimate of drug-likeness (QED) is 0.443. The second kappa shape index (κ2) is 10.2. The van der Waals surface area contributed by atoms with Gasteiger partial charge in [-0.1, -0.05) is 36.0 Å². The van der Waals surface area contributed by atoms with Crippen LogP contribution in [-0.2, 0) is 14.3 Å². The Kier molecular flexibility index (Phi) is 7.64. The molecule has 0 aliphatic carbocycles. The molecule has 2 aromatic carbocycles. The van der Waals surface area contributed by atoms with Gasteiger partial charge in [-0.3, -0.25) is 4.79 Å². The molecular weight excluding hydrogens is 452 g/mol. The van der Waals surface area contributed by atoms with E-state index in [0.717, 1.165) is 0 Å². The molecule has 1 heterocycles. The normalized spacial score (nSPS) is 18.1. The third-order valence-corrected chi connectivity index (χ3v) is 5.12. The Bertz CT molecular complexity index is 975. The van der Waals surface area contributed by atoms with E-state index in [-0.39, 0.29) is 29.5 Å². The van der Waals surface area contributed by atoms with Crippen LogP contribution in [0.5, 0.6) is 11.5 Å². The Hall–Kier alpha value is -2.49. The average molecular weight is 472 g/mol. The summed E-state index contributed by atoms with van der Waals surface area (Å²) in [4.78, 5) is 12.4. The first-order chi connectivity index (χ1) is 14.8. The number of esters is 1.